The zero-order chi connectivity index (χ0) is 30.6. The Bertz CT molecular complexity index is 1370. The molecule has 3 heterocycles. The summed E-state index contributed by atoms with van der Waals surface area (Å²) in [5.74, 6) is -1.72. The highest BCUT2D eigenvalue weighted by molar-refractivity contribution is 7.12. The van der Waals surface area contributed by atoms with E-state index in [-0.39, 0.29) is 32.3 Å². The van der Waals surface area contributed by atoms with Crippen molar-refractivity contribution in [1.29, 1.82) is 0 Å². The summed E-state index contributed by atoms with van der Waals surface area (Å²) in [6, 6.07) is 14.8. The minimum absolute atomic E-state index is 0.0508. The average molecular weight is 612 g/mol. The summed E-state index contributed by atoms with van der Waals surface area (Å²) in [4.78, 5) is 59.1. The second-order valence-electron chi connectivity index (χ2n) is 9.73. The van der Waals surface area contributed by atoms with Crippen molar-refractivity contribution in [1.82, 2.24) is 20.7 Å². The van der Waals surface area contributed by atoms with Crippen LogP contribution in [0.25, 0.3) is 0 Å². The number of nitrogens with zero attached hydrogens (tertiary/aromatic N) is 2. The number of hydrogen-bond acceptors (Lipinski definition) is 11. The lowest BCUT2D eigenvalue weighted by Gasteiger charge is -2.22. The van der Waals surface area contributed by atoms with E-state index in [1.165, 1.54) is 16.4 Å². The molecule has 1 aliphatic rings. The first-order valence-corrected chi connectivity index (χ1v) is 14.4. The van der Waals surface area contributed by atoms with E-state index >= 15 is 0 Å². The van der Waals surface area contributed by atoms with Crippen LogP contribution < -0.4 is 16.0 Å². The van der Waals surface area contributed by atoms with Gasteiger partial charge in [0.2, 0.25) is 5.91 Å². The summed E-state index contributed by atoms with van der Waals surface area (Å²) >= 11 is 1.20. The van der Waals surface area contributed by atoms with Crippen molar-refractivity contribution in [3.05, 3.63) is 82.2 Å². The van der Waals surface area contributed by atoms with Gasteiger partial charge in [-0.05, 0) is 48.1 Å². The third kappa shape index (κ3) is 9.77. The van der Waals surface area contributed by atoms with E-state index in [1.54, 1.807) is 36.7 Å². The van der Waals surface area contributed by atoms with E-state index in [4.69, 9.17) is 14.3 Å². The second-order valence-corrected chi connectivity index (χ2v) is 10.7. The Balaban J connectivity index is 1.26. The Kier molecular flexibility index (Phi) is 11.4. The number of aliphatic carboxylic acids is 1. The minimum atomic E-state index is -1.32. The summed E-state index contributed by atoms with van der Waals surface area (Å²) in [6.07, 6.45) is 0.734. The summed E-state index contributed by atoms with van der Waals surface area (Å²) in [5, 5.41) is 20.8. The molecule has 0 bridgehead atoms. The lowest BCUT2D eigenvalue weighted by molar-refractivity contribution is -0.143. The number of aromatic nitrogens is 1. The molecule has 3 aromatic rings. The maximum absolute atomic E-state index is 12.5. The summed E-state index contributed by atoms with van der Waals surface area (Å²) in [5.41, 5.74) is 1.55. The maximum Gasteiger partial charge on any atom is 0.528 e. The van der Waals surface area contributed by atoms with Crippen LogP contribution in [0.4, 0.5) is 10.6 Å². The number of benzene rings is 1. The van der Waals surface area contributed by atoms with Gasteiger partial charge < -0.3 is 35.4 Å². The van der Waals surface area contributed by atoms with Crippen LogP contribution in [-0.4, -0.2) is 83.5 Å². The highest BCUT2D eigenvalue weighted by Crippen LogP contribution is 2.22. The van der Waals surface area contributed by atoms with Gasteiger partial charge in [0, 0.05) is 19.3 Å². The number of amides is 2. The van der Waals surface area contributed by atoms with Gasteiger partial charge in [-0.2, -0.15) is 0 Å². The molecule has 1 aliphatic heterocycles. The fourth-order valence-corrected chi connectivity index (χ4v) is 5.11. The standard InChI is InChI=1S/C29H33N5O8S/c1-19-10-12-43-26(19)27(36)33-23(28(37)38)15-32-25(35)18-40-22-13-21(14-31-24-9-5-6-11-30-24)34(16-22)42-29(39)41-17-20-7-3-2-4-8-20/h2-12,21-23H,13-18H2,1H3,(H,30,31)(H,32,35)(H,33,36)(H,37,38). The lowest BCUT2D eigenvalue weighted by atomic mass is 10.2. The molecule has 0 radical (unpaired) electrons. The van der Waals surface area contributed by atoms with E-state index in [2.05, 4.69) is 20.9 Å². The summed E-state index contributed by atoms with van der Waals surface area (Å²) in [7, 11) is 0. The van der Waals surface area contributed by atoms with Gasteiger partial charge in [-0.15, -0.1) is 16.4 Å². The molecule has 0 aliphatic carbocycles. The van der Waals surface area contributed by atoms with Gasteiger partial charge in [-0.1, -0.05) is 36.4 Å². The van der Waals surface area contributed by atoms with Gasteiger partial charge in [0.05, 0.1) is 23.6 Å². The Labute approximate surface area is 252 Å². The molecular weight excluding hydrogens is 578 g/mol. The second kappa shape index (κ2) is 15.6. The topological polar surface area (TPSA) is 168 Å². The van der Waals surface area contributed by atoms with E-state index in [0.29, 0.717) is 23.7 Å². The van der Waals surface area contributed by atoms with Crippen molar-refractivity contribution in [3.8, 4) is 0 Å². The number of nitrogens with one attached hydrogen (secondary N) is 3. The molecule has 0 spiro atoms. The fraction of sp³-hybridized carbons (Fsp3) is 0.345. The predicted octanol–water partition coefficient (Wildman–Crippen LogP) is 2.59. The molecule has 1 fully saturated rings. The van der Waals surface area contributed by atoms with Crippen molar-refractivity contribution < 1.29 is 38.6 Å². The molecule has 1 aromatic carbocycles. The van der Waals surface area contributed by atoms with Gasteiger partial charge in [-0.25, -0.2) is 14.6 Å². The van der Waals surface area contributed by atoms with E-state index < -0.39 is 36.1 Å². The fourth-order valence-electron chi connectivity index (χ4n) is 4.28. The molecule has 1 saturated heterocycles. The van der Waals surface area contributed by atoms with E-state index in [0.717, 1.165) is 11.1 Å². The summed E-state index contributed by atoms with van der Waals surface area (Å²) in [6.45, 7) is 1.67. The Morgan fingerprint density at radius 3 is 2.60 bits per heavy atom. The van der Waals surface area contributed by atoms with Crippen molar-refractivity contribution in [2.24, 2.45) is 0 Å². The average Bonchev–Trinajstić information content (AvgIpc) is 3.62. The molecule has 3 atom stereocenters. The summed E-state index contributed by atoms with van der Waals surface area (Å²) < 4.78 is 11.0. The molecule has 4 N–H and O–H groups in total. The number of aryl methyl sites for hydroxylation is 1. The zero-order valence-electron chi connectivity index (χ0n) is 23.4. The Morgan fingerprint density at radius 1 is 1.12 bits per heavy atom. The highest BCUT2D eigenvalue weighted by Gasteiger charge is 2.36. The normalized spacial score (nSPS) is 17.0. The quantitative estimate of drug-likeness (QED) is 0.198. The first kappa shape index (κ1) is 31.4. The van der Waals surface area contributed by atoms with Crippen molar-refractivity contribution in [3.63, 3.8) is 0 Å². The zero-order valence-corrected chi connectivity index (χ0v) is 24.2. The first-order chi connectivity index (χ1) is 20.8. The van der Waals surface area contributed by atoms with E-state index in [9.17, 15) is 24.3 Å². The third-order valence-electron chi connectivity index (χ3n) is 6.53. The van der Waals surface area contributed by atoms with Crippen LogP contribution in [0, 0.1) is 6.92 Å². The van der Waals surface area contributed by atoms with Gasteiger partial charge >= 0.3 is 12.1 Å². The van der Waals surface area contributed by atoms with Gasteiger partial charge in [-0.3, -0.25) is 9.59 Å². The smallest absolute Gasteiger partial charge is 0.480 e. The van der Waals surface area contributed by atoms with Crippen LogP contribution in [-0.2, 0) is 30.5 Å². The first-order valence-electron chi connectivity index (χ1n) is 13.5. The number of carbonyl (C=O) groups is 4. The van der Waals surface area contributed by atoms with Crippen LogP contribution >= 0.6 is 11.3 Å². The molecule has 2 aromatic heterocycles. The lowest BCUT2D eigenvalue weighted by Crippen LogP contribution is -2.49. The molecule has 2 amide bonds. The molecule has 228 valence electrons. The number of hydroxylamine groups is 2. The number of hydrogen-bond donors (Lipinski definition) is 4. The predicted molar refractivity (Wildman–Crippen MR) is 156 cm³/mol. The van der Waals surface area contributed by atoms with Crippen molar-refractivity contribution >= 4 is 41.1 Å². The Hall–Kier alpha value is -4.53. The molecule has 3 unspecified atom stereocenters. The van der Waals surface area contributed by atoms with Crippen LogP contribution in [0.5, 0.6) is 0 Å². The number of carboxylic acid groups (broad SMARTS) is 1. The maximum atomic E-state index is 12.5. The minimum Gasteiger partial charge on any atom is -0.480 e. The third-order valence-corrected chi connectivity index (χ3v) is 7.54. The van der Waals surface area contributed by atoms with Crippen LogP contribution in [0.3, 0.4) is 0 Å². The molecule has 0 saturated carbocycles. The number of anilines is 1. The van der Waals surface area contributed by atoms with Crippen LogP contribution in [0.1, 0.15) is 27.2 Å². The monoisotopic (exact) mass is 611 g/mol. The van der Waals surface area contributed by atoms with Gasteiger partial charge in [0.25, 0.3) is 5.91 Å². The molecular formula is C29H33N5O8S. The molecule has 4 rings (SSSR count). The van der Waals surface area contributed by atoms with Crippen LogP contribution in [0.15, 0.2) is 66.2 Å². The number of pyridine rings is 1. The molecule has 43 heavy (non-hydrogen) atoms. The van der Waals surface area contributed by atoms with E-state index in [1.807, 2.05) is 36.4 Å². The number of thiophene rings is 1. The number of ether oxygens (including phenoxy) is 2. The molecule has 13 nitrogen and oxygen atoms in total. The van der Waals surface area contributed by atoms with Gasteiger partial charge in [0.15, 0.2) is 0 Å². The SMILES string of the molecule is Cc1ccsc1C(=O)NC(CNC(=O)COC1CC(CNc2ccccn2)N(OC(=O)OCc2ccccc2)C1)C(=O)O. The Morgan fingerprint density at radius 2 is 1.91 bits per heavy atom. The van der Waals surface area contributed by atoms with Crippen LogP contribution in [0.2, 0.25) is 0 Å². The van der Waals surface area contributed by atoms with Crippen molar-refractivity contribution in [2.45, 2.75) is 38.1 Å². The largest absolute Gasteiger partial charge is 0.528 e. The van der Waals surface area contributed by atoms with Gasteiger partial charge in [0.1, 0.15) is 25.1 Å². The number of carboxylic acids is 1. The number of carbonyl (C=O) groups excluding carboxylic acids is 3. The molecule has 14 heteroatoms. The highest BCUT2D eigenvalue weighted by atomic mass is 32.1. The van der Waals surface area contributed by atoms with Crippen molar-refractivity contribution in [2.75, 3.05) is 31.6 Å². The number of rotatable bonds is 14.